The first-order valence-corrected chi connectivity index (χ1v) is 12.2. The van der Waals surface area contributed by atoms with Crippen molar-refractivity contribution in [2.75, 3.05) is 43.1 Å². The van der Waals surface area contributed by atoms with Crippen LogP contribution in [0.4, 0.5) is 11.4 Å². The van der Waals surface area contributed by atoms with E-state index in [1.165, 1.54) is 12.0 Å². The lowest BCUT2D eigenvalue weighted by Crippen LogP contribution is -2.52. The standard InChI is InChI=1S/C29H27N3O5/c1-37-29(36)22-9-13-24(14-10-22)32-26(33)19-25(28(32)35)31-17-15-30(16-18-31)23-11-7-21(8-12-23)27(34)20-5-3-2-4-6-20/h2-14,25H,15-19H2,1H3. The Labute approximate surface area is 215 Å². The van der Waals surface area contributed by atoms with Gasteiger partial charge in [0.15, 0.2) is 5.78 Å². The number of hydrogen-bond acceptors (Lipinski definition) is 7. The van der Waals surface area contributed by atoms with Crippen molar-refractivity contribution in [3.63, 3.8) is 0 Å². The van der Waals surface area contributed by atoms with E-state index in [-0.39, 0.29) is 24.0 Å². The molecule has 3 aromatic rings. The molecule has 0 aromatic heterocycles. The lowest BCUT2D eigenvalue weighted by Gasteiger charge is -2.38. The molecule has 188 valence electrons. The van der Waals surface area contributed by atoms with Gasteiger partial charge in [-0.25, -0.2) is 9.69 Å². The molecule has 0 aliphatic carbocycles. The zero-order valence-electron chi connectivity index (χ0n) is 20.5. The second kappa shape index (κ2) is 10.4. The molecule has 2 fully saturated rings. The summed E-state index contributed by atoms with van der Waals surface area (Å²) in [5, 5.41) is 0. The largest absolute Gasteiger partial charge is 0.465 e. The number of rotatable bonds is 6. The molecule has 2 aliphatic rings. The van der Waals surface area contributed by atoms with Crippen LogP contribution in [0.5, 0.6) is 0 Å². The molecular weight excluding hydrogens is 470 g/mol. The first-order chi connectivity index (χ1) is 18.0. The van der Waals surface area contributed by atoms with Gasteiger partial charge >= 0.3 is 5.97 Å². The third-order valence-corrected chi connectivity index (χ3v) is 6.96. The van der Waals surface area contributed by atoms with Crippen molar-refractivity contribution in [3.8, 4) is 0 Å². The Morgan fingerprint density at radius 3 is 1.92 bits per heavy atom. The fourth-order valence-corrected chi connectivity index (χ4v) is 4.91. The molecule has 0 radical (unpaired) electrons. The summed E-state index contributed by atoms with van der Waals surface area (Å²) in [5.41, 5.74) is 3.13. The van der Waals surface area contributed by atoms with E-state index >= 15 is 0 Å². The molecule has 8 heteroatoms. The van der Waals surface area contributed by atoms with Gasteiger partial charge in [0.1, 0.15) is 0 Å². The molecular formula is C29H27N3O5. The molecule has 1 atom stereocenters. The van der Waals surface area contributed by atoms with Crippen LogP contribution in [-0.2, 0) is 14.3 Å². The number of benzene rings is 3. The summed E-state index contributed by atoms with van der Waals surface area (Å²) in [7, 11) is 1.30. The van der Waals surface area contributed by atoms with E-state index in [1.54, 1.807) is 24.3 Å². The normalized spacial score (nSPS) is 18.2. The molecule has 2 heterocycles. The van der Waals surface area contributed by atoms with Crippen molar-refractivity contribution in [1.29, 1.82) is 0 Å². The number of piperazine rings is 1. The van der Waals surface area contributed by atoms with Crippen molar-refractivity contribution in [1.82, 2.24) is 4.90 Å². The van der Waals surface area contributed by atoms with Crippen LogP contribution in [0.2, 0.25) is 0 Å². The van der Waals surface area contributed by atoms with Crippen LogP contribution in [0.25, 0.3) is 0 Å². The maximum absolute atomic E-state index is 13.2. The lowest BCUT2D eigenvalue weighted by molar-refractivity contribution is -0.123. The van der Waals surface area contributed by atoms with Crippen molar-refractivity contribution in [3.05, 3.63) is 95.6 Å². The highest BCUT2D eigenvalue weighted by atomic mass is 16.5. The van der Waals surface area contributed by atoms with Crippen molar-refractivity contribution in [2.24, 2.45) is 0 Å². The average molecular weight is 498 g/mol. The third kappa shape index (κ3) is 4.88. The quantitative estimate of drug-likeness (QED) is 0.294. The highest BCUT2D eigenvalue weighted by molar-refractivity contribution is 6.22. The first kappa shape index (κ1) is 24.4. The minimum Gasteiger partial charge on any atom is -0.465 e. The predicted molar refractivity (Wildman–Crippen MR) is 139 cm³/mol. The Balaban J connectivity index is 1.20. The van der Waals surface area contributed by atoms with Gasteiger partial charge in [0.25, 0.3) is 5.91 Å². The number of anilines is 2. The number of ether oxygens (including phenoxy) is 1. The maximum atomic E-state index is 13.2. The summed E-state index contributed by atoms with van der Waals surface area (Å²) < 4.78 is 4.70. The van der Waals surface area contributed by atoms with Crippen LogP contribution < -0.4 is 9.80 Å². The summed E-state index contributed by atoms with van der Waals surface area (Å²) >= 11 is 0. The molecule has 2 aliphatic heterocycles. The number of nitrogens with zero attached hydrogens (tertiary/aromatic N) is 3. The summed E-state index contributed by atoms with van der Waals surface area (Å²) in [6.45, 7) is 2.70. The van der Waals surface area contributed by atoms with E-state index in [1.807, 2.05) is 54.6 Å². The second-order valence-electron chi connectivity index (χ2n) is 9.09. The average Bonchev–Trinajstić information content (AvgIpc) is 3.26. The topological polar surface area (TPSA) is 87.2 Å². The Kier molecular flexibility index (Phi) is 6.83. The predicted octanol–water partition coefficient (Wildman–Crippen LogP) is 3.16. The molecule has 5 rings (SSSR count). The highest BCUT2D eigenvalue weighted by Gasteiger charge is 2.43. The maximum Gasteiger partial charge on any atom is 0.337 e. The van der Waals surface area contributed by atoms with E-state index in [0.717, 1.165) is 5.69 Å². The van der Waals surface area contributed by atoms with Gasteiger partial charge in [-0.3, -0.25) is 19.3 Å². The number of hydrogen-bond donors (Lipinski definition) is 0. The van der Waals surface area contributed by atoms with Gasteiger partial charge in [-0.15, -0.1) is 0 Å². The van der Waals surface area contributed by atoms with Crippen molar-refractivity contribution < 1.29 is 23.9 Å². The van der Waals surface area contributed by atoms with Crippen LogP contribution >= 0.6 is 0 Å². The van der Waals surface area contributed by atoms with E-state index in [9.17, 15) is 19.2 Å². The Hall–Kier alpha value is -4.30. The smallest absolute Gasteiger partial charge is 0.337 e. The van der Waals surface area contributed by atoms with E-state index in [0.29, 0.717) is 48.6 Å². The molecule has 0 N–H and O–H groups in total. The number of imide groups is 1. The van der Waals surface area contributed by atoms with Crippen LogP contribution in [0.1, 0.15) is 32.7 Å². The molecule has 3 aromatic carbocycles. The Bertz CT molecular complexity index is 1310. The molecule has 0 bridgehead atoms. The monoisotopic (exact) mass is 497 g/mol. The molecule has 2 amide bonds. The van der Waals surface area contributed by atoms with Crippen LogP contribution in [0.3, 0.4) is 0 Å². The highest BCUT2D eigenvalue weighted by Crippen LogP contribution is 2.28. The van der Waals surface area contributed by atoms with Gasteiger partial charge in [0.2, 0.25) is 5.91 Å². The fourth-order valence-electron chi connectivity index (χ4n) is 4.91. The van der Waals surface area contributed by atoms with E-state index < -0.39 is 12.0 Å². The Morgan fingerprint density at radius 2 is 1.30 bits per heavy atom. The Morgan fingerprint density at radius 1 is 0.730 bits per heavy atom. The minimum absolute atomic E-state index is 0.00845. The van der Waals surface area contributed by atoms with Gasteiger partial charge < -0.3 is 9.64 Å². The van der Waals surface area contributed by atoms with E-state index in [2.05, 4.69) is 9.80 Å². The number of methoxy groups -OCH3 is 1. The molecule has 0 spiro atoms. The SMILES string of the molecule is COC(=O)c1ccc(N2C(=O)CC(N3CCN(c4ccc(C(=O)c5ccccc5)cc4)CC3)C2=O)cc1. The van der Waals surface area contributed by atoms with Gasteiger partial charge in [0.05, 0.1) is 30.8 Å². The summed E-state index contributed by atoms with van der Waals surface area (Å²) in [4.78, 5) is 55.8. The molecule has 8 nitrogen and oxygen atoms in total. The molecule has 0 saturated carbocycles. The second-order valence-corrected chi connectivity index (χ2v) is 9.09. The van der Waals surface area contributed by atoms with Gasteiger partial charge in [-0.1, -0.05) is 30.3 Å². The number of esters is 1. The lowest BCUT2D eigenvalue weighted by atomic mass is 10.0. The summed E-state index contributed by atoms with van der Waals surface area (Å²) in [6.07, 6.45) is 0.133. The number of carbonyl (C=O) groups excluding carboxylic acids is 4. The van der Waals surface area contributed by atoms with E-state index in [4.69, 9.17) is 4.74 Å². The van der Waals surface area contributed by atoms with Gasteiger partial charge in [-0.2, -0.15) is 0 Å². The fraction of sp³-hybridized carbons (Fsp3) is 0.241. The molecule has 37 heavy (non-hydrogen) atoms. The zero-order chi connectivity index (χ0) is 25.9. The molecule has 1 unspecified atom stereocenters. The van der Waals surface area contributed by atoms with Crippen LogP contribution in [0, 0.1) is 0 Å². The van der Waals surface area contributed by atoms with Gasteiger partial charge in [-0.05, 0) is 48.5 Å². The molecule has 2 saturated heterocycles. The summed E-state index contributed by atoms with van der Waals surface area (Å²) in [5.74, 6) is -0.973. The van der Waals surface area contributed by atoms with Crippen LogP contribution in [0.15, 0.2) is 78.9 Å². The summed E-state index contributed by atoms with van der Waals surface area (Å²) in [6, 6.07) is 22.6. The van der Waals surface area contributed by atoms with Crippen molar-refractivity contribution >= 4 is 34.9 Å². The third-order valence-electron chi connectivity index (χ3n) is 6.96. The number of ketones is 1. The van der Waals surface area contributed by atoms with Crippen molar-refractivity contribution in [2.45, 2.75) is 12.5 Å². The van der Waals surface area contributed by atoms with Crippen LogP contribution in [-0.4, -0.2) is 67.8 Å². The van der Waals surface area contributed by atoms with Gasteiger partial charge in [0, 0.05) is 43.0 Å². The first-order valence-electron chi connectivity index (χ1n) is 12.2. The number of amides is 2. The zero-order valence-corrected chi connectivity index (χ0v) is 20.5. The minimum atomic E-state index is -0.499. The number of carbonyl (C=O) groups is 4.